The first-order chi connectivity index (χ1) is 11.1. The molecule has 0 radical (unpaired) electrons. The zero-order valence-electron chi connectivity index (χ0n) is 12.5. The Bertz CT molecular complexity index is 685. The summed E-state index contributed by atoms with van der Waals surface area (Å²) in [6.45, 7) is 2.27. The fourth-order valence-electron chi connectivity index (χ4n) is 1.84. The molecule has 23 heavy (non-hydrogen) atoms. The summed E-state index contributed by atoms with van der Waals surface area (Å²) in [6.07, 6.45) is 0. The van der Waals surface area contributed by atoms with Crippen LogP contribution >= 0.6 is 0 Å². The first kappa shape index (κ1) is 16.3. The van der Waals surface area contributed by atoms with Crippen LogP contribution < -0.4 is 14.8 Å². The van der Waals surface area contributed by atoms with E-state index in [-0.39, 0.29) is 12.3 Å². The van der Waals surface area contributed by atoms with Crippen molar-refractivity contribution in [2.45, 2.75) is 6.92 Å². The number of nitrogens with one attached hydrogen (secondary N) is 1. The van der Waals surface area contributed by atoms with Crippen molar-refractivity contribution in [2.24, 2.45) is 0 Å². The van der Waals surface area contributed by atoms with Crippen molar-refractivity contribution < 1.29 is 19.2 Å². The van der Waals surface area contributed by atoms with Crippen LogP contribution in [0.15, 0.2) is 48.5 Å². The summed E-state index contributed by atoms with van der Waals surface area (Å²) in [6, 6.07) is 12.6. The number of non-ortho nitro benzene ring substituents is 1. The van der Waals surface area contributed by atoms with E-state index in [0.29, 0.717) is 18.0 Å². The number of amides is 1. The van der Waals surface area contributed by atoms with Gasteiger partial charge >= 0.3 is 0 Å². The molecular weight excluding hydrogens is 300 g/mol. The Hall–Kier alpha value is -3.09. The van der Waals surface area contributed by atoms with E-state index in [0.717, 1.165) is 5.75 Å². The molecule has 0 bridgehead atoms. The smallest absolute Gasteiger partial charge is 0.271 e. The number of rotatable bonds is 7. The maximum Gasteiger partial charge on any atom is 0.271 e. The van der Waals surface area contributed by atoms with Crippen molar-refractivity contribution in [1.29, 1.82) is 0 Å². The first-order valence-electron chi connectivity index (χ1n) is 6.98. The molecule has 120 valence electrons. The van der Waals surface area contributed by atoms with Crippen molar-refractivity contribution in [2.75, 3.05) is 18.5 Å². The van der Waals surface area contributed by atoms with Crippen molar-refractivity contribution in [3.05, 3.63) is 58.6 Å². The standard InChI is InChI=1S/C16H16N2O5/c1-2-22-14-6-8-15(9-7-14)23-11-16(19)17-12-4-3-5-13(10-12)18(20)21/h3-10H,2,11H2,1H3,(H,17,19). The summed E-state index contributed by atoms with van der Waals surface area (Å²) in [5.41, 5.74) is 0.259. The molecule has 1 N–H and O–H groups in total. The molecule has 0 spiro atoms. The van der Waals surface area contributed by atoms with Crippen molar-refractivity contribution in [3.8, 4) is 11.5 Å². The summed E-state index contributed by atoms with van der Waals surface area (Å²) in [4.78, 5) is 22.0. The van der Waals surface area contributed by atoms with Crippen LogP contribution in [0.2, 0.25) is 0 Å². The predicted octanol–water partition coefficient (Wildman–Crippen LogP) is 3.01. The van der Waals surface area contributed by atoms with Gasteiger partial charge in [0.25, 0.3) is 11.6 Å². The van der Waals surface area contributed by atoms with Gasteiger partial charge in [-0.05, 0) is 37.3 Å². The fraction of sp³-hybridized carbons (Fsp3) is 0.188. The second-order valence-electron chi connectivity index (χ2n) is 4.55. The van der Waals surface area contributed by atoms with Gasteiger partial charge in [-0.3, -0.25) is 14.9 Å². The third kappa shape index (κ3) is 4.99. The number of nitro groups is 1. The maximum absolute atomic E-state index is 11.8. The monoisotopic (exact) mass is 316 g/mol. The van der Waals surface area contributed by atoms with E-state index in [1.54, 1.807) is 30.3 Å². The quantitative estimate of drug-likeness (QED) is 0.626. The molecule has 0 atom stereocenters. The van der Waals surface area contributed by atoms with Gasteiger partial charge in [0.1, 0.15) is 11.5 Å². The number of nitrogens with zero attached hydrogens (tertiary/aromatic N) is 1. The maximum atomic E-state index is 11.8. The van der Waals surface area contributed by atoms with Crippen LogP contribution in [0, 0.1) is 10.1 Å². The molecule has 0 aliphatic heterocycles. The van der Waals surface area contributed by atoms with E-state index in [4.69, 9.17) is 9.47 Å². The Morgan fingerprint density at radius 1 is 1.13 bits per heavy atom. The SMILES string of the molecule is CCOc1ccc(OCC(=O)Nc2cccc([N+](=O)[O-])c2)cc1. The first-order valence-corrected chi connectivity index (χ1v) is 6.98. The average Bonchev–Trinajstić information content (AvgIpc) is 2.55. The fourth-order valence-corrected chi connectivity index (χ4v) is 1.84. The van der Waals surface area contributed by atoms with E-state index in [1.165, 1.54) is 18.2 Å². The molecule has 0 aromatic heterocycles. The molecule has 7 nitrogen and oxygen atoms in total. The highest BCUT2D eigenvalue weighted by Gasteiger charge is 2.08. The minimum atomic E-state index is -0.522. The third-order valence-electron chi connectivity index (χ3n) is 2.85. The molecular formula is C16H16N2O5. The molecule has 2 aromatic rings. The number of hydrogen-bond donors (Lipinski definition) is 1. The van der Waals surface area contributed by atoms with Crippen LogP contribution in [0.4, 0.5) is 11.4 Å². The number of benzene rings is 2. The molecule has 0 saturated heterocycles. The number of carbonyl (C=O) groups excluding carboxylic acids is 1. The normalized spacial score (nSPS) is 9.96. The van der Waals surface area contributed by atoms with Crippen LogP contribution in [0.1, 0.15) is 6.92 Å². The van der Waals surface area contributed by atoms with Gasteiger partial charge in [-0.25, -0.2) is 0 Å². The van der Waals surface area contributed by atoms with Crippen molar-refractivity contribution >= 4 is 17.3 Å². The zero-order chi connectivity index (χ0) is 16.7. The molecule has 0 heterocycles. The van der Waals surface area contributed by atoms with E-state index in [2.05, 4.69) is 5.32 Å². The number of anilines is 1. The highest BCUT2D eigenvalue weighted by atomic mass is 16.6. The van der Waals surface area contributed by atoms with Gasteiger partial charge in [-0.15, -0.1) is 0 Å². The van der Waals surface area contributed by atoms with Crippen LogP contribution in [0.5, 0.6) is 11.5 Å². The molecule has 0 fully saturated rings. The summed E-state index contributed by atoms with van der Waals surface area (Å²) in [7, 11) is 0. The van der Waals surface area contributed by atoms with Gasteiger partial charge < -0.3 is 14.8 Å². The lowest BCUT2D eigenvalue weighted by Crippen LogP contribution is -2.20. The number of hydrogen-bond acceptors (Lipinski definition) is 5. The van der Waals surface area contributed by atoms with Crippen LogP contribution in [0.3, 0.4) is 0 Å². The highest BCUT2D eigenvalue weighted by molar-refractivity contribution is 5.92. The third-order valence-corrected chi connectivity index (χ3v) is 2.85. The van der Waals surface area contributed by atoms with Crippen LogP contribution in [-0.4, -0.2) is 24.0 Å². The van der Waals surface area contributed by atoms with E-state index < -0.39 is 10.8 Å². The van der Waals surface area contributed by atoms with E-state index in [9.17, 15) is 14.9 Å². The molecule has 7 heteroatoms. The minimum Gasteiger partial charge on any atom is -0.494 e. The number of nitro benzene ring substituents is 1. The van der Waals surface area contributed by atoms with E-state index >= 15 is 0 Å². The van der Waals surface area contributed by atoms with Crippen LogP contribution in [-0.2, 0) is 4.79 Å². The van der Waals surface area contributed by atoms with Gasteiger partial charge in [0.15, 0.2) is 6.61 Å². The van der Waals surface area contributed by atoms with Gasteiger partial charge in [-0.1, -0.05) is 6.07 Å². The number of ether oxygens (including phenoxy) is 2. The Kier molecular flexibility index (Phi) is 5.51. The predicted molar refractivity (Wildman–Crippen MR) is 84.8 cm³/mol. The van der Waals surface area contributed by atoms with E-state index in [1.807, 2.05) is 6.92 Å². The highest BCUT2D eigenvalue weighted by Crippen LogP contribution is 2.18. The Morgan fingerprint density at radius 2 is 1.78 bits per heavy atom. The van der Waals surface area contributed by atoms with Crippen molar-refractivity contribution in [1.82, 2.24) is 0 Å². The molecule has 0 unspecified atom stereocenters. The average molecular weight is 316 g/mol. The molecule has 0 aliphatic carbocycles. The minimum absolute atomic E-state index is 0.0877. The number of carbonyl (C=O) groups is 1. The lowest BCUT2D eigenvalue weighted by atomic mass is 10.3. The van der Waals surface area contributed by atoms with Crippen molar-refractivity contribution in [3.63, 3.8) is 0 Å². The summed E-state index contributed by atoms with van der Waals surface area (Å²) in [5, 5.41) is 13.2. The molecule has 2 aromatic carbocycles. The Balaban J connectivity index is 1.87. The lowest BCUT2D eigenvalue weighted by Gasteiger charge is -2.08. The lowest BCUT2D eigenvalue weighted by molar-refractivity contribution is -0.384. The molecule has 0 aliphatic rings. The van der Waals surface area contributed by atoms with Gasteiger partial charge in [0.2, 0.25) is 0 Å². The summed E-state index contributed by atoms with van der Waals surface area (Å²) in [5.74, 6) is 0.850. The van der Waals surface area contributed by atoms with Crippen LogP contribution in [0.25, 0.3) is 0 Å². The van der Waals surface area contributed by atoms with Gasteiger partial charge in [0.05, 0.1) is 11.5 Å². The summed E-state index contributed by atoms with van der Waals surface area (Å²) >= 11 is 0. The molecule has 1 amide bonds. The Labute approximate surface area is 133 Å². The largest absolute Gasteiger partial charge is 0.494 e. The molecule has 2 rings (SSSR count). The summed E-state index contributed by atoms with van der Waals surface area (Å²) < 4.78 is 10.7. The molecule has 0 saturated carbocycles. The second-order valence-corrected chi connectivity index (χ2v) is 4.55. The van der Waals surface area contributed by atoms with Gasteiger partial charge in [-0.2, -0.15) is 0 Å². The topological polar surface area (TPSA) is 90.7 Å². The second kappa shape index (κ2) is 7.79. The Morgan fingerprint density at radius 3 is 2.39 bits per heavy atom. The van der Waals surface area contributed by atoms with Gasteiger partial charge in [0, 0.05) is 17.8 Å². The zero-order valence-corrected chi connectivity index (χ0v) is 12.5.